The fourth-order valence-electron chi connectivity index (χ4n) is 3.39. The summed E-state index contributed by atoms with van der Waals surface area (Å²) in [5, 5.41) is 12.4. The van der Waals surface area contributed by atoms with E-state index in [1.54, 1.807) is 0 Å². The van der Waals surface area contributed by atoms with Crippen LogP contribution in [0.4, 0.5) is 5.69 Å². The Morgan fingerprint density at radius 2 is 1.90 bits per heavy atom. The van der Waals surface area contributed by atoms with Gasteiger partial charge in [-0.1, -0.05) is 18.9 Å². The van der Waals surface area contributed by atoms with Crippen molar-refractivity contribution in [3.05, 3.63) is 23.3 Å². The van der Waals surface area contributed by atoms with E-state index in [9.17, 15) is 0 Å². The number of aromatic nitrogens is 4. The Kier molecular flexibility index (Phi) is 3.66. The van der Waals surface area contributed by atoms with E-state index in [1.807, 2.05) is 17.7 Å². The summed E-state index contributed by atoms with van der Waals surface area (Å²) in [5.74, 6) is 1.51. The first-order valence-electron chi connectivity index (χ1n) is 7.73. The lowest BCUT2D eigenvalue weighted by atomic mass is 9.98. The van der Waals surface area contributed by atoms with Crippen molar-refractivity contribution in [3.8, 4) is 11.4 Å². The molecule has 2 N–H and O–H groups in total. The fourth-order valence-corrected chi connectivity index (χ4v) is 3.39. The summed E-state index contributed by atoms with van der Waals surface area (Å²) in [5.41, 5.74) is 10.2. The molecule has 112 valence electrons. The molecular formula is C16H23N5. The average Bonchev–Trinajstić information content (AvgIpc) is 3.12. The highest BCUT2D eigenvalue weighted by Crippen LogP contribution is 2.36. The van der Waals surface area contributed by atoms with Crippen LogP contribution in [0.15, 0.2) is 12.1 Å². The van der Waals surface area contributed by atoms with Crippen molar-refractivity contribution in [2.75, 3.05) is 5.73 Å². The van der Waals surface area contributed by atoms with Gasteiger partial charge in [-0.15, -0.1) is 5.10 Å². The molecule has 0 saturated heterocycles. The maximum absolute atomic E-state index is 6.07. The van der Waals surface area contributed by atoms with Gasteiger partial charge in [0.1, 0.15) is 0 Å². The van der Waals surface area contributed by atoms with Crippen molar-refractivity contribution in [3.63, 3.8) is 0 Å². The first-order chi connectivity index (χ1) is 10.1. The van der Waals surface area contributed by atoms with Gasteiger partial charge in [0.2, 0.25) is 0 Å². The molecule has 21 heavy (non-hydrogen) atoms. The molecule has 2 aromatic rings. The third kappa shape index (κ3) is 2.52. The quantitative estimate of drug-likeness (QED) is 0.878. The van der Waals surface area contributed by atoms with Gasteiger partial charge >= 0.3 is 0 Å². The minimum absolute atomic E-state index is 0.333. The van der Waals surface area contributed by atoms with Crippen molar-refractivity contribution in [2.45, 2.75) is 52.5 Å². The number of rotatable bonds is 3. The van der Waals surface area contributed by atoms with E-state index in [1.165, 1.54) is 25.7 Å². The van der Waals surface area contributed by atoms with Crippen LogP contribution in [0.5, 0.6) is 0 Å². The van der Waals surface area contributed by atoms with Crippen LogP contribution in [0.3, 0.4) is 0 Å². The van der Waals surface area contributed by atoms with Gasteiger partial charge in [-0.2, -0.15) is 0 Å². The van der Waals surface area contributed by atoms with Crippen molar-refractivity contribution < 1.29 is 0 Å². The van der Waals surface area contributed by atoms with Crippen LogP contribution in [0.25, 0.3) is 11.4 Å². The number of nitrogens with zero attached hydrogens (tertiary/aromatic N) is 4. The summed E-state index contributed by atoms with van der Waals surface area (Å²) in [4.78, 5) is 0. The van der Waals surface area contributed by atoms with Gasteiger partial charge < -0.3 is 5.73 Å². The molecular weight excluding hydrogens is 262 g/mol. The van der Waals surface area contributed by atoms with Gasteiger partial charge in [0, 0.05) is 11.3 Å². The molecule has 0 aliphatic heterocycles. The highest BCUT2D eigenvalue weighted by Gasteiger charge is 2.26. The van der Waals surface area contributed by atoms with E-state index in [-0.39, 0.29) is 0 Å². The maximum Gasteiger partial charge on any atom is 0.182 e. The van der Waals surface area contributed by atoms with E-state index in [0.29, 0.717) is 12.0 Å². The molecule has 1 aromatic carbocycles. The van der Waals surface area contributed by atoms with Gasteiger partial charge in [-0.3, -0.25) is 0 Å². The van der Waals surface area contributed by atoms with Gasteiger partial charge in [0.05, 0.1) is 6.04 Å². The number of nitrogen functional groups attached to an aromatic ring is 1. The molecule has 1 aliphatic rings. The summed E-state index contributed by atoms with van der Waals surface area (Å²) < 4.78 is 1.98. The monoisotopic (exact) mass is 285 g/mol. The Labute approximate surface area is 125 Å². The number of anilines is 1. The largest absolute Gasteiger partial charge is 0.398 e. The van der Waals surface area contributed by atoms with Crippen LogP contribution in [0.1, 0.15) is 49.8 Å². The lowest BCUT2D eigenvalue weighted by Gasteiger charge is -2.20. The van der Waals surface area contributed by atoms with Crippen LogP contribution in [-0.4, -0.2) is 20.2 Å². The van der Waals surface area contributed by atoms with Crippen LogP contribution < -0.4 is 5.73 Å². The minimum Gasteiger partial charge on any atom is -0.398 e. The molecule has 0 spiro atoms. The third-order valence-corrected chi connectivity index (χ3v) is 4.81. The number of aryl methyl sites for hydroxylation is 2. The molecule has 1 atom stereocenters. The number of hydrogen-bond acceptors (Lipinski definition) is 4. The molecule has 1 unspecified atom stereocenters. The summed E-state index contributed by atoms with van der Waals surface area (Å²) in [6.07, 6.45) is 5.19. The molecule has 0 amide bonds. The second kappa shape index (κ2) is 5.47. The van der Waals surface area contributed by atoms with Gasteiger partial charge in [-0.25, -0.2) is 4.68 Å². The molecule has 1 aliphatic carbocycles. The van der Waals surface area contributed by atoms with E-state index in [2.05, 4.69) is 35.4 Å². The molecule has 1 fully saturated rings. The highest BCUT2D eigenvalue weighted by atomic mass is 15.5. The molecule has 1 heterocycles. The molecule has 5 heteroatoms. The predicted octanol–water partition coefficient (Wildman–Crippen LogP) is 3.29. The lowest BCUT2D eigenvalue weighted by molar-refractivity contribution is 0.332. The zero-order valence-electron chi connectivity index (χ0n) is 13.0. The number of benzene rings is 1. The first kappa shape index (κ1) is 14.0. The maximum atomic E-state index is 6.07. The Morgan fingerprint density at radius 3 is 2.62 bits per heavy atom. The van der Waals surface area contributed by atoms with Crippen molar-refractivity contribution >= 4 is 5.69 Å². The Balaban J connectivity index is 2.00. The van der Waals surface area contributed by atoms with E-state index in [0.717, 1.165) is 28.2 Å². The average molecular weight is 285 g/mol. The topological polar surface area (TPSA) is 69.6 Å². The molecule has 0 radical (unpaired) electrons. The highest BCUT2D eigenvalue weighted by molar-refractivity contribution is 5.67. The minimum atomic E-state index is 0.333. The van der Waals surface area contributed by atoms with Crippen LogP contribution >= 0.6 is 0 Å². The summed E-state index contributed by atoms with van der Waals surface area (Å²) in [6.45, 7) is 6.33. The SMILES string of the molecule is Cc1cc(C)c(-c2nnnn2C(C)C2CCCC2)cc1N. The zero-order chi connectivity index (χ0) is 15.0. The van der Waals surface area contributed by atoms with Crippen LogP contribution in [0.2, 0.25) is 0 Å². The Hall–Kier alpha value is -1.91. The van der Waals surface area contributed by atoms with Crippen molar-refractivity contribution in [2.24, 2.45) is 5.92 Å². The van der Waals surface area contributed by atoms with E-state index in [4.69, 9.17) is 5.73 Å². The fraction of sp³-hybridized carbons (Fsp3) is 0.562. The van der Waals surface area contributed by atoms with Crippen molar-refractivity contribution in [1.29, 1.82) is 0 Å². The zero-order valence-corrected chi connectivity index (χ0v) is 13.0. The summed E-state index contributed by atoms with van der Waals surface area (Å²) >= 11 is 0. The lowest BCUT2D eigenvalue weighted by Crippen LogP contribution is -2.17. The van der Waals surface area contributed by atoms with Gasteiger partial charge in [0.15, 0.2) is 5.82 Å². The second-order valence-electron chi connectivity index (χ2n) is 6.26. The number of tetrazole rings is 1. The first-order valence-corrected chi connectivity index (χ1v) is 7.73. The normalized spacial score (nSPS) is 17.3. The predicted molar refractivity (Wildman–Crippen MR) is 83.8 cm³/mol. The summed E-state index contributed by atoms with van der Waals surface area (Å²) in [7, 11) is 0. The molecule has 3 rings (SSSR count). The number of nitrogens with two attached hydrogens (primary N) is 1. The smallest absolute Gasteiger partial charge is 0.182 e. The van der Waals surface area contributed by atoms with Crippen molar-refractivity contribution in [1.82, 2.24) is 20.2 Å². The van der Waals surface area contributed by atoms with Gasteiger partial charge in [0.25, 0.3) is 0 Å². The van der Waals surface area contributed by atoms with E-state index < -0.39 is 0 Å². The van der Waals surface area contributed by atoms with Crippen LogP contribution in [0, 0.1) is 19.8 Å². The Morgan fingerprint density at radius 1 is 1.19 bits per heavy atom. The van der Waals surface area contributed by atoms with Crippen LogP contribution in [-0.2, 0) is 0 Å². The molecule has 5 nitrogen and oxygen atoms in total. The Bertz CT molecular complexity index is 640. The third-order valence-electron chi connectivity index (χ3n) is 4.81. The molecule has 0 bridgehead atoms. The summed E-state index contributed by atoms with van der Waals surface area (Å²) in [6, 6.07) is 4.43. The second-order valence-corrected chi connectivity index (χ2v) is 6.26. The standard InChI is InChI=1S/C16H23N5/c1-10-8-11(2)15(17)9-14(10)16-18-19-20-21(16)12(3)13-6-4-5-7-13/h8-9,12-13H,4-7,17H2,1-3H3. The number of hydrogen-bond donors (Lipinski definition) is 1. The molecule has 1 saturated carbocycles. The van der Waals surface area contributed by atoms with E-state index >= 15 is 0 Å². The van der Waals surface area contributed by atoms with Gasteiger partial charge in [-0.05, 0) is 67.2 Å². The molecule has 1 aromatic heterocycles.